The molecule has 0 saturated heterocycles. The van der Waals surface area contributed by atoms with Crippen molar-refractivity contribution in [3.8, 4) is 5.75 Å². The average Bonchev–Trinajstić information content (AvgIpc) is 2.15. The summed E-state index contributed by atoms with van der Waals surface area (Å²) in [6.07, 6.45) is 0. The van der Waals surface area contributed by atoms with E-state index in [1.165, 1.54) is 5.56 Å². The molecule has 0 spiro atoms. The topological polar surface area (TPSA) is 61.3 Å². The van der Waals surface area contributed by atoms with E-state index in [0.717, 1.165) is 16.9 Å². The van der Waals surface area contributed by atoms with E-state index in [1.807, 2.05) is 19.9 Å². The third kappa shape index (κ3) is 2.05. The van der Waals surface area contributed by atoms with Crippen molar-refractivity contribution >= 4 is 0 Å². The second-order valence-electron chi connectivity index (χ2n) is 3.54. The average molecular weight is 194 g/mol. The second-order valence-corrected chi connectivity index (χ2v) is 3.54. The van der Waals surface area contributed by atoms with Crippen LogP contribution in [0.5, 0.6) is 5.75 Å². The molecule has 1 aromatic carbocycles. The summed E-state index contributed by atoms with van der Waals surface area (Å²) in [6.45, 7) is 4.49. The van der Waals surface area contributed by atoms with E-state index in [9.17, 15) is 0 Å². The van der Waals surface area contributed by atoms with Crippen LogP contribution in [0.15, 0.2) is 12.1 Å². The highest BCUT2D eigenvalue weighted by atomic mass is 16.5. The minimum atomic E-state index is -0.148. The molecular weight excluding hydrogens is 176 g/mol. The first kappa shape index (κ1) is 11.0. The smallest absolute Gasteiger partial charge is 0.124 e. The molecule has 0 amide bonds. The molecule has 0 aliphatic rings. The lowest BCUT2D eigenvalue weighted by atomic mass is 9.98. The normalized spacial score (nSPS) is 12.6. The van der Waals surface area contributed by atoms with Gasteiger partial charge in [-0.2, -0.15) is 0 Å². The lowest BCUT2D eigenvalue weighted by Crippen LogP contribution is -2.22. The van der Waals surface area contributed by atoms with Gasteiger partial charge >= 0.3 is 0 Å². The number of hydrogen-bond acceptors (Lipinski definition) is 3. The van der Waals surface area contributed by atoms with Crippen LogP contribution in [0, 0.1) is 13.8 Å². The molecule has 0 fully saturated rings. The predicted molar refractivity (Wildman–Crippen MR) is 58.5 cm³/mol. The van der Waals surface area contributed by atoms with Gasteiger partial charge in [0.05, 0.1) is 7.11 Å². The van der Waals surface area contributed by atoms with Crippen molar-refractivity contribution in [2.75, 3.05) is 13.7 Å². The fourth-order valence-electron chi connectivity index (χ4n) is 1.70. The molecule has 0 bridgehead atoms. The molecule has 1 atom stereocenters. The minimum Gasteiger partial charge on any atom is -0.496 e. The van der Waals surface area contributed by atoms with Crippen LogP contribution in [0.25, 0.3) is 0 Å². The monoisotopic (exact) mass is 194 g/mol. The quantitative estimate of drug-likeness (QED) is 0.761. The maximum Gasteiger partial charge on any atom is 0.124 e. The predicted octanol–water partition coefficient (Wildman–Crippen LogP) is 1.27. The Morgan fingerprint density at radius 2 is 2.00 bits per heavy atom. The van der Waals surface area contributed by atoms with Crippen molar-refractivity contribution < 1.29 is 4.74 Å². The van der Waals surface area contributed by atoms with E-state index in [0.29, 0.717) is 6.54 Å². The van der Waals surface area contributed by atoms with Crippen LogP contribution in [0.3, 0.4) is 0 Å². The molecule has 1 aromatic rings. The molecule has 0 radical (unpaired) electrons. The Morgan fingerprint density at radius 1 is 1.36 bits per heavy atom. The second kappa shape index (κ2) is 4.44. The van der Waals surface area contributed by atoms with Gasteiger partial charge in [-0.15, -0.1) is 0 Å². The zero-order valence-corrected chi connectivity index (χ0v) is 9.00. The van der Waals surface area contributed by atoms with Gasteiger partial charge in [-0.25, -0.2) is 0 Å². The third-order valence-electron chi connectivity index (χ3n) is 2.34. The molecule has 0 aliphatic heterocycles. The van der Waals surface area contributed by atoms with E-state index in [1.54, 1.807) is 7.11 Å². The Hall–Kier alpha value is -1.06. The fourth-order valence-corrected chi connectivity index (χ4v) is 1.70. The van der Waals surface area contributed by atoms with Gasteiger partial charge in [0.15, 0.2) is 0 Å². The van der Waals surface area contributed by atoms with Gasteiger partial charge in [0, 0.05) is 18.2 Å². The van der Waals surface area contributed by atoms with Crippen molar-refractivity contribution in [2.45, 2.75) is 19.9 Å². The van der Waals surface area contributed by atoms with Crippen LogP contribution >= 0.6 is 0 Å². The lowest BCUT2D eigenvalue weighted by molar-refractivity contribution is 0.405. The van der Waals surface area contributed by atoms with Crippen LogP contribution in [0.1, 0.15) is 22.7 Å². The van der Waals surface area contributed by atoms with E-state index < -0.39 is 0 Å². The number of hydrogen-bond donors (Lipinski definition) is 2. The van der Waals surface area contributed by atoms with E-state index in [4.69, 9.17) is 16.2 Å². The number of rotatable bonds is 3. The highest BCUT2D eigenvalue weighted by Gasteiger charge is 2.13. The van der Waals surface area contributed by atoms with Gasteiger partial charge < -0.3 is 16.2 Å². The van der Waals surface area contributed by atoms with E-state index in [-0.39, 0.29) is 6.04 Å². The lowest BCUT2D eigenvalue weighted by Gasteiger charge is -2.17. The Morgan fingerprint density at radius 3 is 2.50 bits per heavy atom. The summed E-state index contributed by atoms with van der Waals surface area (Å²) in [5.41, 5.74) is 14.8. The van der Waals surface area contributed by atoms with Gasteiger partial charge in [-0.05, 0) is 31.0 Å². The van der Waals surface area contributed by atoms with Crippen molar-refractivity contribution in [1.82, 2.24) is 0 Å². The highest BCUT2D eigenvalue weighted by Crippen LogP contribution is 2.28. The summed E-state index contributed by atoms with van der Waals surface area (Å²) in [6, 6.07) is 3.93. The molecule has 0 saturated carbocycles. The number of benzene rings is 1. The van der Waals surface area contributed by atoms with Gasteiger partial charge in [0.2, 0.25) is 0 Å². The molecule has 78 valence electrons. The number of ether oxygens (including phenoxy) is 1. The maximum absolute atomic E-state index is 5.92. The Labute approximate surface area is 85.0 Å². The van der Waals surface area contributed by atoms with Crippen LogP contribution in [0.2, 0.25) is 0 Å². The minimum absolute atomic E-state index is 0.148. The van der Waals surface area contributed by atoms with Crippen LogP contribution in [0.4, 0.5) is 0 Å². The van der Waals surface area contributed by atoms with Crippen LogP contribution < -0.4 is 16.2 Å². The molecule has 1 unspecified atom stereocenters. The molecule has 4 N–H and O–H groups in total. The van der Waals surface area contributed by atoms with E-state index >= 15 is 0 Å². The summed E-state index contributed by atoms with van der Waals surface area (Å²) in [5.74, 6) is 0.834. The summed E-state index contributed by atoms with van der Waals surface area (Å²) < 4.78 is 5.29. The van der Waals surface area contributed by atoms with Crippen LogP contribution in [-0.2, 0) is 0 Å². The van der Waals surface area contributed by atoms with E-state index in [2.05, 4.69) is 6.07 Å². The number of nitrogens with two attached hydrogens (primary N) is 2. The van der Waals surface area contributed by atoms with Crippen molar-refractivity contribution in [1.29, 1.82) is 0 Å². The fraction of sp³-hybridized carbons (Fsp3) is 0.455. The first-order valence-electron chi connectivity index (χ1n) is 4.71. The summed E-state index contributed by atoms with van der Waals surface area (Å²) >= 11 is 0. The Kier molecular flexibility index (Phi) is 3.49. The Bertz CT molecular complexity index is 323. The molecule has 0 aliphatic carbocycles. The van der Waals surface area contributed by atoms with Crippen molar-refractivity contribution in [3.63, 3.8) is 0 Å². The first-order valence-corrected chi connectivity index (χ1v) is 4.71. The summed E-state index contributed by atoms with van der Waals surface area (Å²) in [4.78, 5) is 0. The molecular formula is C11H18N2O. The maximum atomic E-state index is 5.92. The summed E-state index contributed by atoms with van der Waals surface area (Å²) in [5, 5.41) is 0. The molecule has 0 aromatic heterocycles. The molecule has 3 nitrogen and oxygen atoms in total. The van der Waals surface area contributed by atoms with Crippen LogP contribution in [-0.4, -0.2) is 13.7 Å². The van der Waals surface area contributed by atoms with Gasteiger partial charge in [0.25, 0.3) is 0 Å². The number of methoxy groups -OCH3 is 1. The number of aryl methyl sites for hydroxylation is 2. The van der Waals surface area contributed by atoms with Crippen molar-refractivity contribution in [3.05, 3.63) is 28.8 Å². The zero-order valence-electron chi connectivity index (χ0n) is 9.00. The molecule has 1 rings (SSSR count). The highest BCUT2D eigenvalue weighted by molar-refractivity contribution is 5.45. The largest absolute Gasteiger partial charge is 0.496 e. The Balaban J connectivity index is 3.24. The molecule has 14 heavy (non-hydrogen) atoms. The van der Waals surface area contributed by atoms with Crippen molar-refractivity contribution in [2.24, 2.45) is 11.5 Å². The molecule has 0 heterocycles. The third-order valence-corrected chi connectivity index (χ3v) is 2.34. The SMILES string of the molecule is COc1cc(C)cc(C)c1C(N)CN. The van der Waals surface area contributed by atoms with Gasteiger partial charge in [-0.3, -0.25) is 0 Å². The van der Waals surface area contributed by atoms with Gasteiger partial charge in [0.1, 0.15) is 5.75 Å². The standard InChI is InChI=1S/C11H18N2O/c1-7-4-8(2)11(9(13)6-12)10(5-7)14-3/h4-5,9H,6,12-13H2,1-3H3. The zero-order chi connectivity index (χ0) is 10.7. The first-order chi connectivity index (χ1) is 6.60. The molecule has 3 heteroatoms. The van der Waals surface area contributed by atoms with Gasteiger partial charge in [-0.1, -0.05) is 6.07 Å². The summed E-state index contributed by atoms with van der Waals surface area (Å²) in [7, 11) is 1.65.